The van der Waals surface area contributed by atoms with Crippen molar-refractivity contribution in [2.75, 3.05) is 23.0 Å². The van der Waals surface area contributed by atoms with Gasteiger partial charge >= 0.3 is 0 Å². The van der Waals surface area contributed by atoms with E-state index in [1.807, 2.05) is 6.92 Å². The first-order valence-corrected chi connectivity index (χ1v) is 13.7. The second kappa shape index (κ2) is 9.11. The molecule has 0 atom stereocenters. The Morgan fingerprint density at radius 3 is 2.41 bits per heavy atom. The number of hydrogen-bond acceptors (Lipinski definition) is 6. The molecule has 0 spiro atoms. The zero-order valence-electron chi connectivity index (χ0n) is 21.1. The number of amides is 1. The monoisotopic (exact) mass is 538 g/mol. The number of benzene rings is 1. The molecule has 0 unspecified atom stereocenters. The molecule has 1 amide bonds. The molecule has 0 saturated carbocycles. The molecule has 2 aromatic rings. The van der Waals surface area contributed by atoms with Crippen LogP contribution in [0.15, 0.2) is 30.5 Å². The highest BCUT2D eigenvalue weighted by Gasteiger charge is 2.46. The van der Waals surface area contributed by atoms with Gasteiger partial charge < -0.3 is 4.74 Å². The summed E-state index contributed by atoms with van der Waals surface area (Å²) in [5, 5.41) is 0. The van der Waals surface area contributed by atoms with Gasteiger partial charge in [-0.25, -0.2) is 26.6 Å². The van der Waals surface area contributed by atoms with Crippen molar-refractivity contribution in [3.05, 3.63) is 47.4 Å². The number of halogens is 3. The van der Waals surface area contributed by atoms with Gasteiger partial charge in [-0.1, -0.05) is 6.92 Å². The standard InChI is InChI=1S/C26H29F3N2O5S/c1-24(2)17-11-16(21(32)13-25(3)7-9-37(34,35)10-8-25)5-6-19(17)31(23(24)33)20-12-22(30-14-18(20)27)36-15-26(4,28)29/h5-6,11-12,14H,7-10,13,15H2,1-4H3. The lowest BCUT2D eigenvalue weighted by atomic mass is 9.78. The number of ketones is 1. The Labute approximate surface area is 213 Å². The van der Waals surface area contributed by atoms with E-state index in [4.69, 9.17) is 4.74 Å². The van der Waals surface area contributed by atoms with Crippen molar-refractivity contribution in [3.63, 3.8) is 0 Å². The van der Waals surface area contributed by atoms with Crippen LogP contribution in [-0.2, 0) is 20.0 Å². The van der Waals surface area contributed by atoms with Gasteiger partial charge in [0, 0.05) is 25.0 Å². The zero-order valence-corrected chi connectivity index (χ0v) is 21.9. The van der Waals surface area contributed by atoms with Gasteiger partial charge in [0.05, 0.1) is 34.5 Å². The average Bonchev–Trinajstić information content (AvgIpc) is 3.00. The third kappa shape index (κ3) is 5.51. The first-order chi connectivity index (χ1) is 17.0. The van der Waals surface area contributed by atoms with E-state index in [9.17, 15) is 31.2 Å². The maximum atomic E-state index is 14.8. The van der Waals surface area contributed by atoms with Crippen LogP contribution in [0.2, 0.25) is 0 Å². The molecule has 0 N–H and O–H groups in total. The van der Waals surface area contributed by atoms with Crippen molar-refractivity contribution >= 4 is 32.9 Å². The SMILES string of the molecule is CC(F)(F)COc1cc(N2C(=O)C(C)(C)c3cc(C(=O)CC4(C)CCS(=O)(=O)CC4)ccc32)c(F)cn1. The summed E-state index contributed by atoms with van der Waals surface area (Å²) in [5.74, 6) is -4.75. The van der Waals surface area contributed by atoms with Crippen LogP contribution in [0.5, 0.6) is 5.88 Å². The molecule has 3 heterocycles. The predicted molar refractivity (Wildman–Crippen MR) is 132 cm³/mol. The van der Waals surface area contributed by atoms with E-state index in [0.29, 0.717) is 36.6 Å². The number of anilines is 2. The number of rotatable bonds is 7. The number of carbonyl (C=O) groups is 2. The lowest BCUT2D eigenvalue weighted by molar-refractivity contribution is -0.121. The van der Waals surface area contributed by atoms with E-state index < -0.39 is 44.9 Å². The molecule has 2 aliphatic rings. The topological polar surface area (TPSA) is 93.6 Å². The Kier molecular flexibility index (Phi) is 6.67. The van der Waals surface area contributed by atoms with Crippen LogP contribution in [0.4, 0.5) is 24.5 Å². The maximum absolute atomic E-state index is 14.8. The summed E-state index contributed by atoms with van der Waals surface area (Å²) in [7, 11) is -3.07. The smallest absolute Gasteiger partial charge is 0.278 e. The summed E-state index contributed by atoms with van der Waals surface area (Å²) >= 11 is 0. The van der Waals surface area contributed by atoms with E-state index in [-0.39, 0.29) is 35.3 Å². The van der Waals surface area contributed by atoms with E-state index in [0.717, 1.165) is 17.2 Å². The normalized spacial score (nSPS) is 20.0. The lowest BCUT2D eigenvalue weighted by Crippen LogP contribution is -2.33. The third-order valence-electron chi connectivity index (χ3n) is 7.12. The molecule has 2 aliphatic heterocycles. The van der Waals surface area contributed by atoms with Gasteiger partial charge in [0.15, 0.2) is 18.2 Å². The van der Waals surface area contributed by atoms with E-state index >= 15 is 0 Å². The first-order valence-electron chi connectivity index (χ1n) is 11.9. The minimum Gasteiger partial charge on any atom is -0.471 e. The van der Waals surface area contributed by atoms with Crippen molar-refractivity contribution in [3.8, 4) is 5.88 Å². The Bertz CT molecular complexity index is 1350. The fraction of sp³-hybridized carbons (Fsp3) is 0.500. The van der Waals surface area contributed by atoms with Crippen molar-refractivity contribution < 1.29 is 35.9 Å². The molecule has 0 aliphatic carbocycles. The summed E-state index contributed by atoms with van der Waals surface area (Å²) in [6.07, 6.45) is 1.78. The first kappa shape index (κ1) is 27.1. The number of alkyl halides is 2. The number of pyridine rings is 1. The molecule has 7 nitrogen and oxygen atoms in total. The van der Waals surface area contributed by atoms with Crippen molar-refractivity contribution in [2.45, 2.75) is 58.3 Å². The number of nitrogens with zero attached hydrogens (tertiary/aromatic N) is 2. The average molecular weight is 539 g/mol. The van der Waals surface area contributed by atoms with Crippen molar-refractivity contribution in [1.29, 1.82) is 0 Å². The fourth-order valence-electron chi connectivity index (χ4n) is 4.71. The van der Waals surface area contributed by atoms with Gasteiger partial charge in [-0.05, 0) is 55.9 Å². The minimum absolute atomic E-state index is 0.0521. The van der Waals surface area contributed by atoms with Crippen molar-refractivity contribution in [2.24, 2.45) is 5.41 Å². The molecule has 1 saturated heterocycles. The molecule has 0 radical (unpaired) electrons. The second-order valence-electron chi connectivity index (χ2n) is 10.9. The molecule has 1 aromatic heterocycles. The number of carbonyl (C=O) groups excluding carboxylic acids is 2. The molecule has 200 valence electrons. The van der Waals surface area contributed by atoms with Gasteiger partial charge in [-0.2, -0.15) is 0 Å². The van der Waals surface area contributed by atoms with Gasteiger partial charge in [0.2, 0.25) is 11.8 Å². The largest absolute Gasteiger partial charge is 0.471 e. The van der Waals surface area contributed by atoms with Crippen molar-refractivity contribution in [1.82, 2.24) is 4.98 Å². The summed E-state index contributed by atoms with van der Waals surface area (Å²) in [4.78, 5) is 31.4. The van der Waals surface area contributed by atoms with Crippen LogP contribution >= 0.6 is 0 Å². The third-order valence-corrected chi connectivity index (χ3v) is 8.77. The number of hydrogen-bond donors (Lipinski definition) is 0. The quantitative estimate of drug-likeness (QED) is 0.461. The number of fused-ring (bicyclic) bond motifs is 1. The lowest BCUT2D eigenvalue weighted by Gasteiger charge is -2.32. The summed E-state index contributed by atoms with van der Waals surface area (Å²) in [6, 6.07) is 5.83. The van der Waals surface area contributed by atoms with E-state index in [1.54, 1.807) is 32.0 Å². The van der Waals surface area contributed by atoms with E-state index in [2.05, 4.69) is 4.98 Å². The number of Topliss-reactive ketones (excluding diaryl/α,β-unsaturated/α-hetero) is 1. The number of ether oxygens (including phenoxy) is 1. The highest BCUT2D eigenvalue weighted by Crippen LogP contribution is 2.47. The Hall–Kier alpha value is -2.95. The molecule has 37 heavy (non-hydrogen) atoms. The molecular formula is C26H29F3N2O5S. The Morgan fingerprint density at radius 2 is 1.78 bits per heavy atom. The molecule has 1 aromatic carbocycles. The second-order valence-corrected chi connectivity index (χ2v) is 13.2. The molecule has 4 rings (SSSR count). The van der Waals surface area contributed by atoms with Gasteiger partial charge in [0.1, 0.15) is 9.84 Å². The highest BCUT2D eigenvalue weighted by molar-refractivity contribution is 7.91. The zero-order chi connectivity index (χ0) is 27.4. The number of aromatic nitrogens is 1. The van der Waals surface area contributed by atoms with Gasteiger partial charge in [-0.3, -0.25) is 14.5 Å². The Balaban J connectivity index is 1.64. The highest BCUT2D eigenvalue weighted by atomic mass is 32.2. The fourth-order valence-corrected chi connectivity index (χ4v) is 6.52. The predicted octanol–water partition coefficient (Wildman–Crippen LogP) is 5.00. The van der Waals surface area contributed by atoms with Crippen LogP contribution in [0.1, 0.15) is 62.9 Å². The van der Waals surface area contributed by atoms with Crippen LogP contribution < -0.4 is 9.64 Å². The Morgan fingerprint density at radius 1 is 1.14 bits per heavy atom. The molecular weight excluding hydrogens is 509 g/mol. The summed E-state index contributed by atoms with van der Waals surface area (Å²) < 4.78 is 69.9. The van der Waals surface area contributed by atoms with Gasteiger partial charge in [-0.15, -0.1) is 0 Å². The molecule has 0 bridgehead atoms. The van der Waals surface area contributed by atoms with Crippen LogP contribution in [0.25, 0.3) is 0 Å². The van der Waals surface area contributed by atoms with Crippen LogP contribution in [-0.4, -0.2) is 49.1 Å². The van der Waals surface area contributed by atoms with Crippen LogP contribution in [0.3, 0.4) is 0 Å². The summed E-state index contributed by atoms with van der Waals surface area (Å²) in [6.45, 7) is 4.93. The maximum Gasteiger partial charge on any atom is 0.278 e. The number of sulfone groups is 1. The van der Waals surface area contributed by atoms with E-state index in [1.165, 1.54) is 0 Å². The molecule has 1 fully saturated rings. The molecule has 11 heteroatoms. The van der Waals surface area contributed by atoms with Crippen LogP contribution in [0, 0.1) is 11.2 Å². The minimum atomic E-state index is -3.12. The summed E-state index contributed by atoms with van der Waals surface area (Å²) in [5.41, 5.74) is -0.500. The van der Waals surface area contributed by atoms with Gasteiger partial charge in [0.25, 0.3) is 5.92 Å².